The van der Waals surface area contributed by atoms with Gasteiger partial charge in [-0.2, -0.15) is 0 Å². The van der Waals surface area contributed by atoms with Gasteiger partial charge in [0.2, 0.25) is 11.8 Å². The molecule has 0 aromatic rings. The van der Waals surface area contributed by atoms with E-state index < -0.39 is 11.6 Å². The number of carbonyl (C=O) groups is 2. The predicted molar refractivity (Wildman–Crippen MR) is 77.5 cm³/mol. The van der Waals surface area contributed by atoms with Crippen LogP contribution >= 0.6 is 0 Å². The number of nitrogens with one attached hydrogen (secondary N) is 1. The zero-order valence-corrected chi connectivity index (χ0v) is 12.5. The molecule has 1 atom stereocenters. The van der Waals surface area contributed by atoms with Crippen LogP contribution in [0.25, 0.3) is 0 Å². The lowest BCUT2D eigenvalue weighted by atomic mass is 9.81. The second-order valence-electron chi connectivity index (χ2n) is 6.59. The number of morpholine rings is 1. The summed E-state index contributed by atoms with van der Waals surface area (Å²) in [5.74, 6) is -0.161. The zero-order valence-electron chi connectivity index (χ0n) is 12.5. The molecule has 0 aromatic heterocycles. The Kier molecular flexibility index (Phi) is 4.17. The lowest BCUT2D eigenvalue weighted by Gasteiger charge is -2.41. The monoisotopic (exact) mass is 295 g/mol. The predicted octanol–water partition coefficient (Wildman–Crippen LogP) is 0.154. The van der Waals surface area contributed by atoms with E-state index in [4.69, 9.17) is 10.5 Å². The van der Waals surface area contributed by atoms with E-state index in [1.807, 2.05) is 0 Å². The van der Waals surface area contributed by atoms with E-state index in [9.17, 15) is 9.59 Å². The maximum atomic E-state index is 12.9. The van der Waals surface area contributed by atoms with Crippen LogP contribution in [0.2, 0.25) is 0 Å². The van der Waals surface area contributed by atoms with Crippen molar-refractivity contribution in [3.8, 4) is 0 Å². The lowest BCUT2D eigenvalue weighted by molar-refractivity contribution is -0.153. The lowest BCUT2D eigenvalue weighted by Crippen LogP contribution is -2.64. The van der Waals surface area contributed by atoms with Gasteiger partial charge in [-0.1, -0.05) is 19.3 Å². The quantitative estimate of drug-likeness (QED) is 0.776. The third kappa shape index (κ3) is 3.21. The SMILES string of the molecule is NC1(C(=O)N2CCOCC2C(=O)NC2CC2)CCCCC1. The maximum absolute atomic E-state index is 12.9. The summed E-state index contributed by atoms with van der Waals surface area (Å²) in [6.45, 7) is 1.22. The van der Waals surface area contributed by atoms with E-state index in [1.54, 1.807) is 4.90 Å². The summed E-state index contributed by atoms with van der Waals surface area (Å²) in [5.41, 5.74) is 5.56. The van der Waals surface area contributed by atoms with Crippen molar-refractivity contribution in [1.29, 1.82) is 0 Å². The minimum absolute atomic E-state index is 0.0681. The van der Waals surface area contributed by atoms with E-state index in [1.165, 1.54) is 0 Å². The van der Waals surface area contributed by atoms with Gasteiger partial charge in [-0.05, 0) is 25.7 Å². The van der Waals surface area contributed by atoms with Gasteiger partial charge in [-0.15, -0.1) is 0 Å². The van der Waals surface area contributed by atoms with Gasteiger partial charge < -0.3 is 20.7 Å². The Morgan fingerprint density at radius 1 is 1.19 bits per heavy atom. The summed E-state index contributed by atoms with van der Waals surface area (Å²) >= 11 is 0. The molecule has 1 heterocycles. The standard InChI is InChI=1S/C15H25N3O3/c16-15(6-2-1-3-7-15)14(20)18-8-9-21-10-12(18)13(19)17-11-4-5-11/h11-12H,1-10,16H2,(H,17,19). The molecule has 0 radical (unpaired) electrons. The summed E-state index contributed by atoms with van der Waals surface area (Å²) in [6, 6.07) is -0.230. The molecule has 2 aliphatic carbocycles. The molecule has 3 N–H and O–H groups in total. The van der Waals surface area contributed by atoms with Crippen molar-refractivity contribution in [1.82, 2.24) is 10.2 Å². The maximum Gasteiger partial charge on any atom is 0.245 e. The average Bonchev–Trinajstić information content (AvgIpc) is 3.31. The van der Waals surface area contributed by atoms with Crippen molar-refractivity contribution >= 4 is 11.8 Å². The van der Waals surface area contributed by atoms with Crippen molar-refractivity contribution in [2.24, 2.45) is 5.73 Å². The van der Waals surface area contributed by atoms with Crippen molar-refractivity contribution < 1.29 is 14.3 Å². The van der Waals surface area contributed by atoms with Crippen LogP contribution in [0.5, 0.6) is 0 Å². The van der Waals surface area contributed by atoms with Crippen LogP contribution in [-0.2, 0) is 14.3 Å². The number of nitrogens with two attached hydrogens (primary N) is 1. The zero-order chi connectivity index (χ0) is 14.9. The molecule has 3 rings (SSSR count). The van der Waals surface area contributed by atoms with E-state index in [2.05, 4.69) is 5.32 Å². The Labute approximate surface area is 125 Å². The smallest absolute Gasteiger partial charge is 0.245 e. The summed E-state index contributed by atoms with van der Waals surface area (Å²) < 4.78 is 5.41. The molecule has 3 aliphatic rings. The fraction of sp³-hybridized carbons (Fsp3) is 0.867. The van der Waals surface area contributed by atoms with Gasteiger partial charge in [0.05, 0.1) is 18.8 Å². The van der Waals surface area contributed by atoms with Gasteiger partial charge in [-0.3, -0.25) is 9.59 Å². The van der Waals surface area contributed by atoms with Gasteiger partial charge in [0, 0.05) is 12.6 Å². The molecule has 1 aliphatic heterocycles. The van der Waals surface area contributed by atoms with E-state index in [-0.39, 0.29) is 24.5 Å². The second-order valence-corrected chi connectivity index (χ2v) is 6.59. The number of amides is 2. The highest BCUT2D eigenvalue weighted by molar-refractivity contribution is 5.92. The van der Waals surface area contributed by atoms with Crippen molar-refractivity contribution in [3.05, 3.63) is 0 Å². The molecular weight excluding hydrogens is 270 g/mol. The first-order chi connectivity index (χ1) is 10.1. The summed E-state index contributed by atoms with van der Waals surface area (Å²) in [4.78, 5) is 26.8. The molecule has 0 aromatic carbocycles. The fourth-order valence-electron chi connectivity index (χ4n) is 3.27. The number of hydrogen-bond donors (Lipinski definition) is 2. The first kappa shape index (κ1) is 14.8. The Bertz CT molecular complexity index is 416. The summed E-state index contributed by atoms with van der Waals surface area (Å²) in [5, 5.41) is 2.97. The van der Waals surface area contributed by atoms with E-state index >= 15 is 0 Å². The van der Waals surface area contributed by atoms with Crippen LogP contribution in [0.4, 0.5) is 0 Å². The van der Waals surface area contributed by atoms with Crippen molar-refractivity contribution in [2.75, 3.05) is 19.8 Å². The Morgan fingerprint density at radius 2 is 1.90 bits per heavy atom. The molecule has 2 amide bonds. The molecule has 6 heteroatoms. The molecule has 1 unspecified atom stereocenters. The number of carbonyl (C=O) groups excluding carboxylic acids is 2. The van der Waals surface area contributed by atoms with E-state index in [0.29, 0.717) is 13.2 Å². The summed E-state index contributed by atoms with van der Waals surface area (Å²) in [7, 11) is 0. The first-order valence-corrected chi connectivity index (χ1v) is 8.08. The van der Waals surface area contributed by atoms with Crippen molar-refractivity contribution in [2.45, 2.75) is 62.6 Å². The molecule has 2 saturated carbocycles. The first-order valence-electron chi connectivity index (χ1n) is 8.08. The molecule has 3 fully saturated rings. The molecule has 0 spiro atoms. The minimum atomic E-state index is -0.784. The summed E-state index contributed by atoms with van der Waals surface area (Å²) in [6.07, 6.45) is 6.64. The van der Waals surface area contributed by atoms with Gasteiger partial charge in [0.15, 0.2) is 0 Å². The third-order valence-electron chi connectivity index (χ3n) is 4.79. The van der Waals surface area contributed by atoms with Gasteiger partial charge >= 0.3 is 0 Å². The van der Waals surface area contributed by atoms with Gasteiger partial charge in [0.1, 0.15) is 6.04 Å². The highest BCUT2D eigenvalue weighted by Crippen LogP contribution is 2.29. The van der Waals surface area contributed by atoms with Crippen molar-refractivity contribution in [3.63, 3.8) is 0 Å². The van der Waals surface area contributed by atoms with Crippen LogP contribution in [0.3, 0.4) is 0 Å². The van der Waals surface area contributed by atoms with Crippen LogP contribution in [0.1, 0.15) is 44.9 Å². The Hall–Kier alpha value is -1.14. The molecule has 6 nitrogen and oxygen atoms in total. The minimum Gasteiger partial charge on any atom is -0.377 e. The highest BCUT2D eigenvalue weighted by atomic mass is 16.5. The third-order valence-corrected chi connectivity index (χ3v) is 4.79. The van der Waals surface area contributed by atoms with Crippen LogP contribution in [0, 0.1) is 0 Å². The van der Waals surface area contributed by atoms with Crippen LogP contribution in [0.15, 0.2) is 0 Å². The molecule has 0 bridgehead atoms. The Balaban J connectivity index is 1.70. The second kappa shape index (κ2) is 5.93. The normalized spacial score (nSPS) is 29.0. The van der Waals surface area contributed by atoms with Crippen LogP contribution in [-0.4, -0.2) is 54.1 Å². The number of nitrogens with zero attached hydrogens (tertiary/aromatic N) is 1. The largest absolute Gasteiger partial charge is 0.377 e. The molecule has 21 heavy (non-hydrogen) atoms. The topological polar surface area (TPSA) is 84.7 Å². The highest BCUT2D eigenvalue weighted by Gasteiger charge is 2.43. The molecular formula is C15H25N3O3. The number of rotatable bonds is 3. The molecule has 118 valence electrons. The van der Waals surface area contributed by atoms with Crippen LogP contribution < -0.4 is 11.1 Å². The number of hydrogen-bond acceptors (Lipinski definition) is 4. The Morgan fingerprint density at radius 3 is 2.57 bits per heavy atom. The van der Waals surface area contributed by atoms with Gasteiger partial charge in [-0.25, -0.2) is 0 Å². The fourth-order valence-corrected chi connectivity index (χ4v) is 3.27. The van der Waals surface area contributed by atoms with Gasteiger partial charge in [0.25, 0.3) is 0 Å². The molecule has 1 saturated heterocycles. The van der Waals surface area contributed by atoms with E-state index in [0.717, 1.165) is 44.9 Å². The average molecular weight is 295 g/mol. The number of ether oxygens (including phenoxy) is 1.